The molecule has 46 heavy (non-hydrogen) atoms. The number of fused-ring (bicyclic) bond motifs is 2. The van der Waals surface area contributed by atoms with Crippen LogP contribution in [-0.4, -0.2) is 50.4 Å². The smallest absolute Gasteiger partial charge is 0.339 e. The van der Waals surface area contributed by atoms with Crippen LogP contribution < -0.4 is 18.9 Å². The number of carbonyl (C=O) groups excluding carboxylic acids is 2. The van der Waals surface area contributed by atoms with Gasteiger partial charge in [-0.3, -0.25) is 9.59 Å². The molecular formula is C30H18Cl4O11S. The molecule has 0 aromatic heterocycles. The Morgan fingerprint density at radius 1 is 0.543 bits per heavy atom. The first-order chi connectivity index (χ1) is 21.9. The lowest BCUT2D eigenvalue weighted by Crippen LogP contribution is -1.99. The van der Waals surface area contributed by atoms with Crippen molar-refractivity contribution in [1.29, 1.82) is 0 Å². The van der Waals surface area contributed by atoms with Crippen molar-refractivity contribution in [2.45, 2.75) is 0 Å². The third-order valence-corrected chi connectivity index (χ3v) is 6.77. The molecule has 16 heteroatoms. The van der Waals surface area contributed by atoms with Gasteiger partial charge >= 0.3 is 11.9 Å². The van der Waals surface area contributed by atoms with E-state index in [2.05, 4.69) is 21.4 Å². The van der Waals surface area contributed by atoms with Crippen LogP contribution in [0.1, 0.15) is 41.4 Å². The summed E-state index contributed by atoms with van der Waals surface area (Å²) in [5, 5.41) is 16.9. The summed E-state index contributed by atoms with van der Waals surface area (Å²) in [6.07, 6.45) is 0. The maximum absolute atomic E-state index is 11.4. The maximum Gasteiger partial charge on any atom is 0.339 e. The van der Waals surface area contributed by atoms with Gasteiger partial charge in [-0.2, -0.15) is 0 Å². The molecule has 238 valence electrons. The molecule has 0 spiro atoms. The second kappa shape index (κ2) is 15.3. The van der Waals surface area contributed by atoms with Gasteiger partial charge in [0.15, 0.2) is 23.0 Å². The Hall–Kier alpha value is -4.33. The molecule has 0 aliphatic carbocycles. The average Bonchev–Trinajstić information content (AvgIpc) is 3.71. The summed E-state index contributed by atoms with van der Waals surface area (Å²) in [6, 6.07) is 19.3. The minimum Gasteiger partial charge on any atom is -0.478 e. The topological polar surface area (TPSA) is 163 Å². The highest BCUT2D eigenvalue weighted by Gasteiger charge is 2.26. The van der Waals surface area contributed by atoms with Gasteiger partial charge in [0.25, 0.3) is 10.5 Å². The molecule has 2 N–H and O–H groups in total. The lowest BCUT2D eigenvalue weighted by atomic mass is 10.0. The third kappa shape index (κ3) is 8.08. The highest BCUT2D eigenvalue weighted by atomic mass is 36.0. The van der Waals surface area contributed by atoms with Crippen LogP contribution >= 0.6 is 44.6 Å². The highest BCUT2D eigenvalue weighted by molar-refractivity contribution is 8.26. The lowest BCUT2D eigenvalue weighted by molar-refractivity contribution is 0.0683. The van der Waals surface area contributed by atoms with Crippen LogP contribution in [0.15, 0.2) is 72.8 Å². The van der Waals surface area contributed by atoms with Crippen molar-refractivity contribution in [3.05, 3.63) is 95.1 Å². The van der Waals surface area contributed by atoms with Gasteiger partial charge < -0.3 is 29.2 Å². The molecule has 2 heterocycles. The number of hydrogen-bond acceptors (Lipinski definition) is 9. The normalized spacial score (nSPS) is 11.9. The van der Waals surface area contributed by atoms with E-state index < -0.39 is 31.7 Å². The standard InChI is InChI=1S/C15H8Cl2O4.C15H10O6.Cl2OS/c16-14(18)9-3-1-8(2-4-9)10-5-6-11(15(17)19)13-12(10)20-7-21-13;16-14(17)9-3-1-8(2-4-9)10-5-6-11(15(18)19)13-12(10)20-7-21-13;1-4(2)3/h1-6H,7H2;1-6H,7H2,(H,16,17)(H,18,19);. The van der Waals surface area contributed by atoms with E-state index in [1.54, 1.807) is 54.6 Å². The Balaban J connectivity index is 0.000000187. The van der Waals surface area contributed by atoms with Gasteiger partial charge in [-0.1, -0.05) is 24.3 Å². The molecule has 0 saturated carbocycles. The first kappa shape index (κ1) is 34.5. The molecule has 11 nitrogen and oxygen atoms in total. The second-order valence-electron chi connectivity index (χ2n) is 8.95. The molecule has 2 aliphatic rings. The number of carboxylic acids is 2. The molecule has 0 atom stereocenters. The molecule has 0 saturated heterocycles. The van der Waals surface area contributed by atoms with Gasteiger partial charge in [-0.15, -0.1) is 0 Å². The molecule has 0 fully saturated rings. The van der Waals surface area contributed by atoms with Crippen molar-refractivity contribution in [3.8, 4) is 45.3 Å². The van der Waals surface area contributed by atoms with E-state index >= 15 is 0 Å². The van der Waals surface area contributed by atoms with Gasteiger partial charge in [-0.25, -0.2) is 13.8 Å². The molecule has 4 aromatic rings. The number of carbonyl (C=O) groups is 4. The number of benzene rings is 4. The molecular weight excluding hydrogens is 710 g/mol. The number of aromatic carboxylic acids is 2. The van der Waals surface area contributed by atoms with Crippen LogP contribution in [0.5, 0.6) is 23.0 Å². The fourth-order valence-corrected chi connectivity index (χ4v) is 4.62. The Morgan fingerprint density at radius 3 is 1.33 bits per heavy atom. The predicted molar refractivity (Wildman–Crippen MR) is 170 cm³/mol. The fraction of sp³-hybridized carbons (Fsp3) is 0.0667. The summed E-state index contributed by atoms with van der Waals surface area (Å²) in [5.41, 5.74) is 3.82. The highest BCUT2D eigenvalue weighted by Crippen LogP contribution is 2.45. The first-order valence-corrected chi connectivity index (χ1v) is 16.1. The Bertz CT molecular complexity index is 1710. The number of hydrogen-bond donors (Lipinski definition) is 2. The minimum absolute atomic E-state index is 0.0295. The number of carboxylic acid groups (broad SMARTS) is 2. The number of rotatable bonds is 6. The fourth-order valence-electron chi connectivity index (χ4n) is 4.34. The van der Waals surface area contributed by atoms with Crippen molar-refractivity contribution in [3.63, 3.8) is 0 Å². The Morgan fingerprint density at radius 2 is 0.935 bits per heavy atom. The Labute approximate surface area is 281 Å². The van der Waals surface area contributed by atoms with Gasteiger partial charge in [0, 0.05) is 38.1 Å². The number of ether oxygens (including phenoxy) is 4. The summed E-state index contributed by atoms with van der Waals surface area (Å²) in [5.74, 6) is -0.742. The van der Waals surface area contributed by atoms with Gasteiger partial charge in [-0.05, 0) is 82.9 Å². The van der Waals surface area contributed by atoms with Gasteiger partial charge in [0.2, 0.25) is 22.8 Å². The summed E-state index contributed by atoms with van der Waals surface area (Å²) in [4.78, 5) is 44.4. The zero-order valence-corrected chi connectivity index (χ0v) is 26.7. The van der Waals surface area contributed by atoms with Gasteiger partial charge in [0.05, 0.1) is 11.1 Å². The SMILES string of the molecule is O=C(Cl)c1ccc(-c2ccc(C(=O)Cl)c3c2OCO3)cc1.O=C(O)c1ccc(-c2ccc(C(=O)O)c3c2OCO3)cc1.O=S(Cl)Cl. The Kier molecular flexibility index (Phi) is 11.5. The van der Waals surface area contributed by atoms with Crippen molar-refractivity contribution in [2.75, 3.05) is 13.6 Å². The van der Waals surface area contributed by atoms with Crippen LogP contribution in [0, 0.1) is 0 Å². The summed E-state index contributed by atoms with van der Waals surface area (Å²) >= 11 is 10.9. The molecule has 6 rings (SSSR count). The van der Waals surface area contributed by atoms with Crippen LogP contribution in [0.2, 0.25) is 0 Å². The van der Waals surface area contributed by atoms with Crippen LogP contribution in [-0.2, 0) is 9.23 Å². The summed E-state index contributed by atoms with van der Waals surface area (Å²) in [6.45, 7) is -0.0123. The largest absolute Gasteiger partial charge is 0.478 e. The quantitative estimate of drug-likeness (QED) is 0.191. The molecule has 0 radical (unpaired) electrons. The minimum atomic E-state index is -1.67. The van der Waals surface area contributed by atoms with Crippen LogP contribution in [0.25, 0.3) is 22.3 Å². The monoisotopic (exact) mass is 726 g/mol. The second-order valence-corrected chi connectivity index (χ2v) is 12.2. The van der Waals surface area contributed by atoms with E-state index in [4.69, 9.17) is 56.6 Å². The third-order valence-electron chi connectivity index (χ3n) is 6.35. The molecule has 0 amide bonds. The van der Waals surface area contributed by atoms with E-state index in [0.29, 0.717) is 28.4 Å². The molecule has 4 aromatic carbocycles. The molecule has 0 bridgehead atoms. The molecule has 2 aliphatic heterocycles. The first-order valence-electron chi connectivity index (χ1n) is 12.6. The maximum atomic E-state index is 11.4. The molecule has 0 unspecified atom stereocenters. The lowest BCUT2D eigenvalue weighted by Gasteiger charge is -2.08. The van der Waals surface area contributed by atoms with E-state index in [9.17, 15) is 19.2 Å². The van der Waals surface area contributed by atoms with E-state index in [1.165, 1.54) is 18.2 Å². The van der Waals surface area contributed by atoms with Crippen molar-refractivity contribution in [2.24, 2.45) is 0 Å². The zero-order valence-electron chi connectivity index (χ0n) is 22.8. The van der Waals surface area contributed by atoms with Crippen molar-refractivity contribution >= 4 is 76.2 Å². The van der Waals surface area contributed by atoms with Crippen molar-refractivity contribution < 1.29 is 52.5 Å². The predicted octanol–water partition coefficient (Wildman–Crippen LogP) is 7.36. The van der Waals surface area contributed by atoms with Crippen LogP contribution in [0.3, 0.4) is 0 Å². The summed E-state index contributed by atoms with van der Waals surface area (Å²) in [7, 11) is 7.36. The van der Waals surface area contributed by atoms with E-state index in [1.807, 2.05) is 0 Å². The van der Waals surface area contributed by atoms with Gasteiger partial charge in [0.1, 0.15) is 5.56 Å². The average molecular weight is 728 g/mol. The van der Waals surface area contributed by atoms with Crippen molar-refractivity contribution in [1.82, 2.24) is 0 Å². The summed E-state index contributed by atoms with van der Waals surface area (Å²) < 4.78 is 30.4. The zero-order chi connectivity index (χ0) is 33.5. The number of halogens is 4. The van der Waals surface area contributed by atoms with Crippen LogP contribution in [0.4, 0.5) is 0 Å². The van der Waals surface area contributed by atoms with E-state index in [0.717, 1.165) is 16.7 Å². The van der Waals surface area contributed by atoms with E-state index in [-0.39, 0.29) is 36.0 Å².